The molecule has 0 saturated carbocycles. The Morgan fingerprint density at radius 2 is 1.80 bits per heavy atom. The fourth-order valence-corrected chi connectivity index (χ4v) is 2.66. The Bertz CT molecular complexity index is 631. The lowest BCUT2D eigenvalue weighted by Gasteiger charge is -2.17. The third kappa shape index (κ3) is 2.81. The van der Waals surface area contributed by atoms with Crippen LogP contribution < -0.4 is 14.8 Å². The molecule has 5 heteroatoms. The van der Waals surface area contributed by atoms with Crippen LogP contribution in [-0.4, -0.2) is 6.79 Å². The normalized spacial score (nSPS) is 14.2. The Morgan fingerprint density at radius 3 is 2.50 bits per heavy atom. The fraction of sp³-hybridized carbons (Fsp3) is 0.200. The lowest BCUT2D eigenvalue weighted by atomic mass is 10.1. The van der Waals surface area contributed by atoms with Crippen molar-refractivity contribution in [1.82, 2.24) is 0 Å². The summed E-state index contributed by atoms with van der Waals surface area (Å²) in [5, 5.41) is 4.04. The molecule has 3 rings (SSSR count). The molecule has 1 atom stereocenters. The zero-order chi connectivity index (χ0) is 14.1. The van der Waals surface area contributed by atoms with Gasteiger partial charge in [-0.1, -0.05) is 23.7 Å². The fourth-order valence-electron chi connectivity index (χ4n) is 2.10. The molecule has 0 aliphatic carbocycles. The minimum atomic E-state index is 0.157. The van der Waals surface area contributed by atoms with Crippen molar-refractivity contribution in [3.05, 3.63) is 50.6 Å². The largest absolute Gasteiger partial charge is 0.454 e. The molecule has 1 aliphatic heterocycles. The zero-order valence-corrected chi connectivity index (χ0v) is 13.7. The van der Waals surface area contributed by atoms with E-state index in [1.165, 1.54) is 9.13 Å². The van der Waals surface area contributed by atoms with E-state index in [0.29, 0.717) is 10.8 Å². The van der Waals surface area contributed by atoms with Crippen molar-refractivity contribution >= 4 is 39.9 Å². The third-order valence-electron chi connectivity index (χ3n) is 3.20. The van der Waals surface area contributed by atoms with Crippen LogP contribution in [0.15, 0.2) is 36.4 Å². The van der Waals surface area contributed by atoms with E-state index >= 15 is 0 Å². The summed E-state index contributed by atoms with van der Waals surface area (Å²) in [6.07, 6.45) is 0. The van der Waals surface area contributed by atoms with Gasteiger partial charge in [-0.05, 0) is 47.2 Å². The number of halogens is 2. The molecule has 2 aromatic carbocycles. The van der Waals surface area contributed by atoms with E-state index < -0.39 is 0 Å². The van der Waals surface area contributed by atoms with Crippen LogP contribution in [-0.2, 0) is 0 Å². The lowest BCUT2D eigenvalue weighted by Crippen LogP contribution is -2.07. The Kier molecular flexibility index (Phi) is 3.94. The van der Waals surface area contributed by atoms with Gasteiger partial charge in [0, 0.05) is 21.7 Å². The molecule has 0 aromatic heterocycles. The summed E-state index contributed by atoms with van der Waals surface area (Å²) >= 11 is 8.56. The van der Waals surface area contributed by atoms with Crippen LogP contribution in [0.4, 0.5) is 5.69 Å². The summed E-state index contributed by atoms with van der Waals surface area (Å²) in [4.78, 5) is 0. The number of fused-ring (bicyclic) bond motifs is 1. The highest BCUT2D eigenvalue weighted by Gasteiger charge is 2.17. The van der Waals surface area contributed by atoms with E-state index in [1.807, 2.05) is 6.07 Å². The first-order valence-corrected chi connectivity index (χ1v) is 7.70. The van der Waals surface area contributed by atoms with Crippen molar-refractivity contribution in [2.24, 2.45) is 0 Å². The Hall–Kier alpha value is -1.14. The molecule has 0 saturated heterocycles. The predicted molar refractivity (Wildman–Crippen MR) is 88.8 cm³/mol. The molecule has 2 aromatic rings. The van der Waals surface area contributed by atoms with Crippen LogP contribution in [0.5, 0.6) is 11.5 Å². The summed E-state index contributed by atoms with van der Waals surface area (Å²) in [5.41, 5.74) is 2.06. The van der Waals surface area contributed by atoms with Crippen molar-refractivity contribution in [2.45, 2.75) is 13.0 Å². The van der Waals surface area contributed by atoms with Crippen LogP contribution in [0.3, 0.4) is 0 Å². The number of rotatable bonds is 3. The number of ether oxygens (including phenoxy) is 2. The van der Waals surface area contributed by atoms with Crippen LogP contribution in [0, 0.1) is 3.57 Å². The van der Waals surface area contributed by atoms with Gasteiger partial charge in [0.1, 0.15) is 0 Å². The SMILES string of the molecule is CC(Nc1cc2c(cc1Cl)OCO2)c1ccc(I)cc1. The van der Waals surface area contributed by atoms with E-state index in [1.54, 1.807) is 6.07 Å². The van der Waals surface area contributed by atoms with Gasteiger partial charge in [0.15, 0.2) is 11.5 Å². The summed E-state index contributed by atoms with van der Waals surface area (Å²) in [6.45, 7) is 2.35. The minimum absolute atomic E-state index is 0.157. The monoisotopic (exact) mass is 401 g/mol. The molecule has 3 nitrogen and oxygen atoms in total. The van der Waals surface area contributed by atoms with Gasteiger partial charge in [-0.3, -0.25) is 0 Å². The Labute approximate surface area is 136 Å². The van der Waals surface area contributed by atoms with E-state index in [9.17, 15) is 0 Å². The second-order valence-corrected chi connectivity index (χ2v) is 6.26. The number of hydrogen-bond acceptors (Lipinski definition) is 3. The highest BCUT2D eigenvalue weighted by atomic mass is 127. The molecule has 0 bridgehead atoms. The predicted octanol–water partition coefficient (Wildman–Crippen LogP) is 4.85. The molecular formula is C15H13ClINO2. The second-order valence-electron chi connectivity index (χ2n) is 4.60. The van der Waals surface area contributed by atoms with Crippen molar-refractivity contribution in [3.8, 4) is 11.5 Å². The second kappa shape index (κ2) is 5.69. The number of nitrogens with one attached hydrogen (secondary N) is 1. The van der Waals surface area contributed by atoms with Crippen LogP contribution >= 0.6 is 34.2 Å². The first kappa shape index (κ1) is 13.8. The maximum atomic E-state index is 6.27. The molecule has 0 radical (unpaired) electrons. The van der Waals surface area contributed by atoms with E-state index in [4.69, 9.17) is 21.1 Å². The first-order valence-electron chi connectivity index (χ1n) is 6.24. The third-order valence-corrected chi connectivity index (χ3v) is 4.24. The highest BCUT2D eigenvalue weighted by Crippen LogP contribution is 2.40. The number of anilines is 1. The summed E-state index contributed by atoms with van der Waals surface area (Å²) in [7, 11) is 0. The zero-order valence-electron chi connectivity index (χ0n) is 10.8. The standard InChI is InChI=1S/C15H13ClINO2/c1-9(10-2-4-11(17)5-3-10)18-13-7-15-14(6-12(13)16)19-8-20-15/h2-7,9,18H,8H2,1H3. The summed E-state index contributed by atoms with van der Waals surface area (Å²) in [6, 6.07) is 12.2. The molecule has 1 aliphatic rings. The van der Waals surface area contributed by atoms with Gasteiger partial charge in [0.2, 0.25) is 6.79 Å². The number of hydrogen-bond donors (Lipinski definition) is 1. The van der Waals surface area contributed by atoms with E-state index in [2.05, 4.69) is 59.1 Å². The number of benzene rings is 2. The van der Waals surface area contributed by atoms with Crippen LogP contribution in [0.2, 0.25) is 5.02 Å². The maximum absolute atomic E-state index is 6.27. The molecule has 1 N–H and O–H groups in total. The molecule has 104 valence electrons. The minimum Gasteiger partial charge on any atom is -0.454 e. The van der Waals surface area contributed by atoms with Crippen LogP contribution in [0.1, 0.15) is 18.5 Å². The van der Waals surface area contributed by atoms with E-state index in [0.717, 1.165) is 11.4 Å². The average molecular weight is 402 g/mol. The van der Waals surface area contributed by atoms with Gasteiger partial charge >= 0.3 is 0 Å². The topological polar surface area (TPSA) is 30.5 Å². The quantitative estimate of drug-likeness (QED) is 0.746. The van der Waals surface area contributed by atoms with Crippen molar-refractivity contribution < 1.29 is 9.47 Å². The van der Waals surface area contributed by atoms with Gasteiger partial charge in [0.05, 0.1) is 10.7 Å². The molecule has 0 spiro atoms. The highest BCUT2D eigenvalue weighted by molar-refractivity contribution is 14.1. The van der Waals surface area contributed by atoms with Crippen LogP contribution in [0.25, 0.3) is 0 Å². The van der Waals surface area contributed by atoms with Gasteiger partial charge < -0.3 is 14.8 Å². The first-order chi connectivity index (χ1) is 9.63. The Morgan fingerprint density at radius 1 is 1.15 bits per heavy atom. The van der Waals surface area contributed by atoms with Crippen molar-refractivity contribution in [1.29, 1.82) is 0 Å². The molecule has 0 fully saturated rings. The van der Waals surface area contributed by atoms with Gasteiger partial charge in [-0.25, -0.2) is 0 Å². The van der Waals surface area contributed by atoms with Gasteiger partial charge in [-0.2, -0.15) is 0 Å². The summed E-state index contributed by atoms with van der Waals surface area (Å²) < 4.78 is 11.9. The average Bonchev–Trinajstić information content (AvgIpc) is 2.87. The van der Waals surface area contributed by atoms with Gasteiger partial charge in [-0.15, -0.1) is 0 Å². The Balaban J connectivity index is 1.82. The maximum Gasteiger partial charge on any atom is 0.231 e. The molecule has 20 heavy (non-hydrogen) atoms. The molecule has 1 unspecified atom stereocenters. The van der Waals surface area contributed by atoms with Crippen molar-refractivity contribution in [2.75, 3.05) is 12.1 Å². The van der Waals surface area contributed by atoms with E-state index in [-0.39, 0.29) is 12.8 Å². The molecule has 0 amide bonds. The summed E-state index contributed by atoms with van der Waals surface area (Å²) in [5.74, 6) is 1.43. The smallest absolute Gasteiger partial charge is 0.231 e. The van der Waals surface area contributed by atoms with Gasteiger partial charge in [0.25, 0.3) is 0 Å². The van der Waals surface area contributed by atoms with Crippen molar-refractivity contribution in [3.63, 3.8) is 0 Å². The molecule has 1 heterocycles. The lowest BCUT2D eigenvalue weighted by molar-refractivity contribution is 0.174. The molecular weight excluding hydrogens is 389 g/mol.